The number of nitrogens with one attached hydrogen (secondary N) is 1. The molecular weight excluding hydrogens is 523 g/mol. The highest BCUT2D eigenvalue weighted by Gasteiger charge is 2.15. The van der Waals surface area contributed by atoms with Crippen molar-refractivity contribution in [3.05, 3.63) is 23.9 Å². The summed E-state index contributed by atoms with van der Waals surface area (Å²) in [5.41, 5.74) is 0.661. The van der Waals surface area contributed by atoms with Gasteiger partial charge in [0.2, 0.25) is 0 Å². The Morgan fingerprint density at radius 3 is 1.82 bits per heavy atom. The van der Waals surface area contributed by atoms with Gasteiger partial charge in [-0.1, -0.05) is 99.6 Å². The van der Waals surface area contributed by atoms with Crippen molar-refractivity contribution < 1.29 is 4.79 Å². The number of unbranched alkanes of at least 4 members (excludes halogenated alkanes) is 13. The lowest BCUT2D eigenvalue weighted by Crippen LogP contribution is -2.44. The Balaban J connectivity index is 1.40. The first-order valence-electron chi connectivity index (χ1n) is 13.4. The highest BCUT2D eigenvalue weighted by molar-refractivity contribution is 14.1. The van der Waals surface area contributed by atoms with Crippen molar-refractivity contribution in [2.45, 2.75) is 89.9 Å². The zero-order chi connectivity index (χ0) is 23.6. The number of aromatic nitrogens is 1. The second-order valence-electron chi connectivity index (χ2n) is 9.59. The quantitative estimate of drug-likeness (QED) is 0.125. The van der Waals surface area contributed by atoms with E-state index in [0.29, 0.717) is 5.56 Å². The van der Waals surface area contributed by atoms with Gasteiger partial charge in [-0.15, -0.1) is 0 Å². The number of anilines is 1. The Bertz CT molecular complexity index is 617. The Labute approximate surface area is 216 Å². The molecule has 1 aromatic heterocycles. The van der Waals surface area contributed by atoms with Gasteiger partial charge < -0.3 is 15.1 Å². The Kier molecular flexibility index (Phi) is 15.8. The minimum Gasteiger partial charge on any atom is -0.354 e. The van der Waals surface area contributed by atoms with E-state index in [-0.39, 0.29) is 5.91 Å². The summed E-state index contributed by atoms with van der Waals surface area (Å²) in [6.07, 6.45) is 20.8. The lowest BCUT2D eigenvalue weighted by Gasteiger charge is -2.33. The van der Waals surface area contributed by atoms with Gasteiger partial charge in [-0.2, -0.15) is 0 Å². The first kappa shape index (κ1) is 28.3. The number of rotatable bonds is 18. The van der Waals surface area contributed by atoms with Crippen molar-refractivity contribution in [1.29, 1.82) is 0 Å². The number of alkyl halides is 1. The van der Waals surface area contributed by atoms with Crippen LogP contribution < -0.4 is 10.2 Å². The smallest absolute Gasteiger partial charge is 0.252 e. The predicted octanol–water partition coefficient (Wildman–Crippen LogP) is 6.46. The van der Waals surface area contributed by atoms with Gasteiger partial charge >= 0.3 is 0 Å². The third-order valence-electron chi connectivity index (χ3n) is 6.68. The average molecular weight is 571 g/mol. The molecule has 33 heavy (non-hydrogen) atoms. The second-order valence-corrected chi connectivity index (χ2v) is 10.7. The van der Waals surface area contributed by atoms with E-state index < -0.39 is 0 Å². The molecule has 5 nitrogen and oxygen atoms in total. The molecule has 0 aliphatic carbocycles. The van der Waals surface area contributed by atoms with Gasteiger partial charge in [0.15, 0.2) is 0 Å². The van der Waals surface area contributed by atoms with Crippen molar-refractivity contribution in [2.75, 3.05) is 49.1 Å². The summed E-state index contributed by atoms with van der Waals surface area (Å²) in [4.78, 5) is 21.5. The summed E-state index contributed by atoms with van der Waals surface area (Å²) in [5, 5.41) is 3.05. The fourth-order valence-corrected chi connectivity index (χ4v) is 4.93. The molecule has 1 aromatic rings. The van der Waals surface area contributed by atoms with E-state index in [0.717, 1.165) is 45.0 Å². The molecule has 1 fully saturated rings. The Hall–Kier alpha value is -0.890. The molecule has 1 saturated heterocycles. The normalized spacial score (nSPS) is 14.5. The van der Waals surface area contributed by atoms with Gasteiger partial charge in [-0.25, -0.2) is 4.98 Å². The van der Waals surface area contributed by atoms with Crippen molar-refractivity contribution in [1.82, 2.24) is 15.2 Å². The van der Waals surface area contributed by atoms with Crippen molar-refractivity contribution in [3.8, 4) is 0 Å². The molecule has 0 unspecified atom stereocenters. The number of hydrogen-bond donors (Lipinski definition) is 1. The molecule has 0 saturated carbocycles. The largest absolute Gasteiger partial charge is 0.354 e. The standard InChI is InChI=1S/C27H47IN4O/c1-31-20-22-32(23-21-31)26-17-16-25(24-30-26)27(33)29-19-15-13-11-9-7-5-3-2-4-6-8-10-12-14-18-28/h16-17,24H,2-15,18-23H2,1H3,(H,29,33). The molecule has 0 atom stereocenters. The van der Waals surface area contributed by atoms with Gasteiger partial charge in [0.05, 0.1) is 5.56 Å². The number of amides is 1. The van der Waals surface area contributed by atoms with Crippen LogP contribution >= 0.6 is 22.6 Å². The number of piperazine rings is 1. The highest BCUT2D eigenvalue weighted by atomic mass is 127. The van der Waals surface area contributed by atoms with Gasteiger partial charge in [0.25, 0.3) is 5.91 Å². The van der Waals surface area contributed by atoms with Crippen LogP contribution in [-0.2, 0) is 0 Å². The molecule has 188 valence electrons. The highest BCUT2D eigenvalue weighted by Crippen LogP contribution is 2.15. The van der Waals surface area contributed by atoms with E-state index in [2.05, 4.69) is 49.7 Å². The van der Waals surface area contributed by atoms with Gasteiger partial charge in [0, 0.05) is 38.9 Å². The van der Waals surface area contributed by atoms with Crippen LogP contribution in [0.5, 0.6) is 0 Å². The molecule has 1 aliphatic rings. The van der Waals surface area contributed by atoms with Crippen LogP contribution in [-0.4, -0.2) is 60.0 Å². The number of hydrogen-bond acceptors (Lipinski definition) is 4. The number of nitrogens with zero attached hydrogens (tertiary/aromatic N) is 3. The van der Waals surface area contributed by atoms with Crippen LogP contribution in [0.2, 0.25) is 0 Å². The molecule has 1 N–H and O–H groups in total. The number of carbonyl (C=O) groups is 1. The Morgan fingerprint density at radius 1 is 0.818 bits per heavy atom. The molecule has 0 radical (unpaired) electrons. The summed E-state index contributed by atoms with van der Waals surface area (Å²) in [6, 6.07) is 3.88. The van der Waals surface area contributed by atoms with E-state index in [1.165, 1.54) is 87.9 Å². The lowest BCUT2D eigenvalue weighted by molar-refractivity contribution is 0.0952. The van der Waals surface area contributed by atoms with Gasteiger partial charge in [-0.3, -0.25) is 4.79 Å². The number of halogens is 1. The maximum atomic E-state index is 12.4. The summed E-state index contributed by atoms with van der Waals surface area (Å²) in [5.74, 6) is 0.972. The molecule has 1 aliphatic heterocycles. The number of pyridine rings is 1. The van der Waals surface area contributed by atoms with Gasteiger partial charge in [-0.05, 0) is 36.4 Å². The van der Waals surface area contributed by atoms with Crippen molar-refractivity contribution >= 4 is 34.3 Å². The van der Waals surface area contributed by atoms with Gasteiger partial charge in [0.1, 0.15) is 5.82 Å². The topological polar surface area (TPSA) is 48.5 Å². The van der Waals surface area contributed by atoms with Crippen LogP contribution in [0.25, 0.3) is 0 Å². The predicted molar refractivity (Wildman–Crippen MR) is 150 cm³/mol. The molecule has 2 heterocycles. The van der Waals surface area contributed by atoms with E-state index in [4.69, 9.17) is 0 Å². The molecule has 0 aromatic carbocycles. The monoisotopic (exact) mass is 570 g/mol. The van der Waals surface area contributed by atoms with E-state index >= 15 is 0 Å². The van der Waals surface area contributed by atoms with E-state index in [1.54, 1.807) is 6.20 Å². The van der Waals surface area contributed by atoms with Crippen molar-refractivity contribution in [2.24, 2.45) is 0 Å². The first-order chi connectivity index (χ1) is 16.2. The third kappa shape index (κ3) is 13.0. The first-order valence-corrected chi connectivity index (χ1v) is 15.0. The average Bonchev–Trinajstić information content (AvgIpc) is 2.84. The Morgan fingerprint density at radius 2 is 1.33 bits per heavy atom. The van der Waals surface area contributed by atoms with Crippen LogP contribution in [0.4, 0.5) is 5.82 Å². The summed E-state index contributed by atoms with van der Waals surface area (Å²) in [6.45, 7) is 4.87. The minimum atomic E-state index is -0.00238. The number of carbonyl (C=O) groups excluding carboxylic acids is 1. The molecule has 0 spiro atoms. The zero-order valence-corrected chi connectivity index (χ0v) is 23.2. The fraction of sp³-hybridized carbons (Fsp3) is 0.778. The zero-order valence-electron chi connectivity index (χ0n) is 21.0. The molecule has 0 bridgehead atoms. The SMILES string of the molecule is CN1CCN(c2ccc(C(=O)NCCCCCCCCCCCCCCCCI)cn2)CC1. The van der Waals surface area contributed by atoms with Crippen molar-refractivity contribution in [3.63, 3.8) is 0 Å². The summed E-state index contributed by atoms with van der Waals surface area (Å²) < 4.78 is 1.32. The summed E-state index contributed by atoms with van der Waals surface area (Å²) in [7, 11) is 2.15. The lowest BCUT2D eigenvalue weighted by atomic mass is 10.0. The van der Waals surface area contributed by atoms with E-state index in [1.807, 2.05) is 12.1 Å². The fourth-order valence-electron chi connectivity index (χ4n) is 4.39. The van der Waals surface area contributed by atoms with E-state index in [9.17, 15) is 4.79 Å². The maximum Gasteiger partial charge on any atom is 0.252 e. The van der Waals surface area contributed by atoms with Crippen LogP contribution in [0.3, 0.4) is 0 Å². The minimum absolute atomic E-state index is 0.00238. The van der Waals surface area contributed by atoms with Crippen LogP contribution in [0.1, 0.15) is 100 Å². The molecule has 1 amide bonds. The third-order valence-corrected chi connectivity index (χ3v) is 7.45. The molecular formula is C27H47IN4O. The maximum absolute atomic E-state index is 12.4. The number of likely N-dealkylation sites (N-methyl/N-ethyl adjacent to an activating group) is 1. The second kappa shape index (κ2) is 18.4. The van der Waals surface area contributed by atoms with Crippen LogP contribution in [0, 0.1) is 0 Å². The molecule has 2 rings (SSSR count). The summed E-state index contributed by atoms with van der Waals surface area (Å²) >= 11 is 2.48. The molecule has 6 heteroatoms. The van der Waals surface area contributed by atoms with Crippen LogP contribution in [0.15, 0.2) is 18.3 Å².